The van der Waals surface area contributed by atoms with Crippen LogP contribution in [-0.4, -0.2) is 28.2 Å². The molecular formula is C18H17N5O3S2. The zero-order valence-corrected chi connectivity index (χ0v) is 16.5. The summed E-state index contributed by atoms with van der Waals surface area (Å²) in [4.78, 5) is 26.4. The lowest BCUT2D eigenvalue weighted by Gasteiger charge is -2.19. The van der Waals surface area contributed by atoms with Crippen LogP contribution in [0.1, 0.15) is 16.9 Å². The van der Waals surface area contributed by atoms with E-state index in [-0.39, 0.29) is 5.92 Å². The highest BCUT2D eigenvalue weighted by atomic mass is 32.2. The van der Waals surface area contributed by atoms with E-state index in [0.717, 1.165) is 43.6 Å². The second-order valence-electron chi connectivity index (χ2n) is 6.69. The van der Waals surface area contributed by atoms with E-state index in [9.17, 15) is 9.90 Å². The van der Waals surface area contributed by atoms with Crippen LogP contribution in [0.3, 0.4) is 0 Å². The smallest absolute Gasteiger partial charge is 0.306 e. The van der Waals surface area contributed by atoms with Gasteiger partial charge in [-0.2, -0.15) is 4.83 Å². The molecule has 1 aliphatic carbocycles. The lowest BCUT2D eigenvalue weighted by molar-refractivity contribution is -0.142. The predicted octanol–water partition coefficient (Wildman–Crippen LogP) is 3.57. The van der Waals surface area contributed by atoms with Crippen LogP contribution < -0.4 is 20.3 Å². The molecule has 0 saturated carbocycles. The Morgan fingerprint density at radius 2 is 2.29 bits per heavy atom. The van der Waals surface area contributed by atoms with Crippen molar-refractivity contribution in [2.75, 3.05) is 17.9 Å². The summed E-state index contributed by atoms with van der Waals surface area (Å²) in [7, 11) is 1.64. The Kier molecular flexibility index (Phi) is 4.26. The molecule has 0 spiro atoms. The Morgan fingerprint density at radius 3 is 3.11 bits per heavy atom. The molecule has 1 unspecified atom stereocenters. The number of hydrazine groups is 1. The van der Waals surface area contributed by atoms with Crippen molar-refractivity contribution in [3.63, 3.8) is 0 Å². The number of rotatable bonds is 4. The Hall–Kier alpha value is -2.56. The van der Waals surface area contributed by atoms with Crippen LogP contribution >= 0.6 is 23.3 Å². The van der Waals surface area contributed by atoms with E-state index in [1.54, 1.807) is 24.8 Å². The highest BCUT2D eigenvalue weighted by molar-refractivity contribution is 7.98. The van der Waals surface area contributed by atoms with Crippen LogP contribution in [0.15, 0.2) is 23.4 Å². The van der Waals surface area contributed by atoms with E-state index in [1.165, 1.54) is 17.5 Å². The van der Waals surface area contributed by atoms with Gasteiger partial charge in [0.15, 0.2) is 0 Å². The van der Waals surface area contributed by atoms with Gasteiger partial charge in [-0.25, -0.2) is 9.97 Å². The molecule has 1 aromatic carbocycles. The van der Waals surface area contributed by atoms with Crippen LogP contribution in [0, 0.1) is 5.92 Å². The van der Waals surface area contributed by atoms with Crippen molar-refractivity contribution >= 4 is 56.7 Å². The van der Waals surface area contributed by atoms with Crippen molar-refractivity contribution in [2.45, 2.75) is 24.2 Å². The van der Waals surface area contributed by atoms with Crippen LogP contribution in [0.5, 0.6) is 5.75 Å². The van der Waals surface area contributed by atoms with E-state index in [4.69, 9.17) is 4.74 Å². The number of aromatic nitrogens is 2. The summed E-state index contributed by atoms with van der Waals surface area (Å²) in [6, 6.07) is 3.95. The number of carboxylic acids is 1. The predicted molar refractivity (Wildman–Crippen MR) is 109 cm³/mol. The third-order valence-corrected chi connectivity index (χ3v) is 7.02. The Bertz CT molecular complexity index is 1100. The molecule has 4 N–H and O–H groups in total. The molecule has 3 aromatic rings. The number of carboxylic acid groups (broad SMARTS) is 1. The summed E-state index contributed by atoms with van der Waals surface area (Å²) in [6.45, 7) is 0. The third-order valence-electron chi connectivity index (χ3n) is 5.10. The van der Waals surface area contributed by atoms with Crippen LogP contribution in [0.25, 0.3) is 10.2 Å². The minimum Gasteiger partial charge on any atom is -0.494 e. The molecule has 0 bridgehead atoms. The summed E-state index contributed by atoms with van der Waals surface area (Å²) >= 11 is 3.07. The Labute approximate surface area is 168 Å². The summed E-state index contributed by atoms with van der Waals surface area (Å²) in [5.74, 6) is 0.379. The molecule has 2 aliphatic rings. The SMILES string of the molecule is COc1cc2c(cc1Nc1ncnc3sc4c(c13)CCC(C(=O)O)C4)SNN2. The number of nitrogens with one attached hydrogen (secondary N) is 3. The number of aliphatic carboxylic acids is 1. The van der Waals surface area contributed by atoms with Gasteiger partial charge in [0.25, 0.3) is 0 Å². The van der Waals surface area contributed by atoms with Crippen molar-refractivity contribution in [3.8, 4) is 5.75 Å². The Morgan fingerprint density at radius 1 is 1.39 bits per heavy atom. The van der Waals surface area contributed by atoms with Gasteiger partial charge in [-0.15, -0.1) is 11.3 Å². The molecule has 28 heavy (non-hydrogen) atoms. The lowest BCUT2D eigenvalue weighted by Crippen LogP contribution is -2.21. The first kappa shape index (κ1) is 17.5. The molecule has 1 atom stereocenters. The number of aryl methyl sites for hydroxylation is 1. The number of methoxy groups -OCH3 is 1. The quantitative estimate of drug-likeness (QED) is 0.476. The van der Waals surface area contributed by atoms with Gasteiger partial charge in [-0.1, -0.05) is 0 Å². The standard InChI is InChI=1S/C18H17N5O3S2/c1-26-12-5-11-14(28-23-22-11)6-10(12)21-16-15-9-3-2-8(18(24)25)4-13(9)27-17(15)20-7-19-16/h5-8,22-23H,2-4H2,1H3,(H,24,25)(H,19,20,21). The van der Waals surface area contributed by atoms with Gasteiger partial charge in [0.1, 0.15) is 22.7 Å². The van der Waals surface area contributed by atoms with Gasteiger partial charge in [-0.3, -0.25) is 4.79 Å². The first-order chi connectivity index (χ1) is 13.6. The molecule has 0 saturated heterocycles. The van der Waals surface area contributed by atoms with E-state index in [0.29, 0.717) is 18.6 Å². The normalized spacial score (nSPS) is 17.7. The average Bonchev–Trinajstić information content (AvgIpc) is 3.30. The molecule has 2 aromatic heterocycles. The van der Waals surface area contributed by atoms with Crippen LogP contribution in [0.2, 0.25) is 0 Å². The summed E-state index contributed by atoms with van der Waals surface area (Å²) in [5, 5.41) is 13.8. The second-order valence-corrected chi connectivity index (χ2v) is 8.62. The lowest BCUT2D eigenvalue weighted by atomic mass is 9.88. The number of thiophene rings is 1. The van der Waals surface area contributed by atoms with Gasteiger partial charge in [-0.05, 0) is 42.8 Å². The van der Waals surface area contributed by atoms with Gasteiger partial charge in [0.2, 0.25) is 0 Å². The van der Waals surface area contributed by atoms with Crippen molar-refractivity contribution < 1.29 is 14.6 Å². The number of fused-ring (bicyclic) bond motifs is 4. The maximum absolute atomic E-state index is 11.4. The molecule has 8 nitrogen and oxygen atoms in total. The number of carbonyl (C=O) groups is 1. The van der Waals surface area contributed by atoms with E-state index in [1.807, 2.05) is 12.1 Å². The fourth-order valence-corrected chi connectivity index (χ4v) is 5.62. The van der Waals surface area contributed by atoms with Crippen LogP contribution in [-0.2, 0) is 17.6 Å². The minimum absolute atomic E-state index is 0.321. The number of anilines is 3. The fraction of sp³-hybridized carbons (Fsp3) is 0.278. The topological polar surface area (TPSA) is 108 Å². The number of benzene rings is 1. The Balaban J connectivity index is 1.57. The van der Waals surface area contributed by atoms with Crippen molar-refractivity contribution in [1.82, 2.24) is 14.8 Å². The van der Waals surface area contributed by atoms with Gasteiger partial charge in [0, 0.05) is 10.9 Å². The minimum atomic E-state index is -0.727. The van der Waals surface area contributed by atoms with Crippen molar-refractivity contribution in [3.05, 3.63) is 28.9 Å². The first-order valence-corrected chi connectivity index (χ1v) is 10.4. The molecular weight excluding hydrogens is 398 g/mol. The monoisotopic (exact) mass is 415 g/mol. The molecule has 3 heterocycles. The van der Waals surface area contributed by atoms with Gasteiger partial charge < -0.3 is 20.6 Å². The van der Waals surface area contributed by atoms with E-state index in [2.05, 4.69) is 25.5 Å². The van der Waals surface area contributed by atoms with Crippen LogP contribution in [0.4, 0.5) is 17.2 Å². The summed E-state index contributed by atoms with van der Waals surface area (Å²) in [5.41, 5.74) is 6.03. The summed E-state index contributed by atoms with van der Waals surface area (Å²) < 4.78 is 5.54. The maximum atomic E-state index is 11.4. The van der Waals surface area contributed by atoms with E-state index < -0.39 is 5.97 Å². The van der Waals surface area contributed by atoms with Gasteiger partial charge >= 0.3 is 5.97 Å². The fourth-order valence-electron chi connectivity index (χ4n) is 3.69. The number of hydrogen-bond donors (Lipinski definition) is 4. The summed E-state index contributed by atoms with van der Waals surface area (Å²) in [6.07, 6.45) is 3.46. The molecule has 5 rings (SSSR count). The molecule has 0 fully saturated rings. The van der Waals surface area contributed by atoms with Crippen molar-refractivity contribution in [1.29, 1.82) is 0 Å². The number of hydrogen-bond acceptors (Lipinski definition) is 9. The molecule has 0 radical (unpaired) electrons. The van der Waals surface area contributed by atoms with Crippen molar-refractivity contribution in [2.24, 2.45) is 5.92 Å². The zero-order chi connectivity index (χ0) is 19.3. The first-order valence-electron chi connectivity index (χ1n) is 8.79. The molecule has 0 amide bonds. The second kappa shape index (κ2) is 6.80. The highest BCUT2D eigenvalue weighted by Gasteiger charge is 2.29. The maximum Gasteiger partial charge on any atom is 0.306 e. The molecule has 1 aliphatic heterocycles. The van der Waals surface area contributed by atoms with E-state index >= 15 is 0 Å². The van der Waals surface area contributed by atoms with Gasteiger partial charge in [0.05, 0.1) is 34.7 Å². The highest BCUT2D eigenvalue weighted by Crippen LogP contribution is 2.43. The average molecular weight is 416 g/mol. The zero-order valence-electron chi connectivity index (χ0n) is 14.9. The number of ether oxygens (including phenoxy) is 1. The third kappa shape index (κ3) is 2.84. The molecule has 10 heteroatoms. The number of nitrogens with zero attached hydrogens (tertiary/aromatic N) is 2. The largest absolute Gasteiger partial charge is 0.494 e. The molecule has 144 valence electrons.